The number of furan rings is 1. The standard InChI is InChI=1S/C29H33N3O3/c1-21-19-26(33)27(28(24-11-12-24)32(21)20-25-13-10-22(2)35-25)29(34)31-17-15-30(16-18-31)14-6-9-23-7-4-3-5-8-23/h3-10,13,19,24H,11-12,14-18,20H2,1-2H3/b9-6+. The number of rotatable bonds is 7. The molecule has 0 bridgehead atoms. The van der Waals surface area contributed by atoms with E-state index in [4.69, 9.17) is 4.42 Å². The highest BCUT2D eigenvalue weighted by atomic mass is 16.3. The van der Waals surface area contributed by atoms with E-state index in [1.54, 1.807) is 6.07 Å². The first-order valence-electron chi connectivity index (χ1n) is 12.5. The Labute approximate surface area is 206 Å². The van der Waals surface area contributed by atoms with Crippen LogP contribution in [0.2, 0.25) is 0 Å². The van der Waals surface area contributed by atoms with E-state index in [0.717, 1.165) is 55.4 Å². The number of aromatic nitrogens is 1. The second-order valence-corrected chi connectivity index (χ2v) is 9.69. The van der Waals surface area contributed by atoms with E-state index in [2.05, 4.69) is 33.8 Å². The topological polar surface area (TPSA) is 58.7 Å². The van der Waals surface area contributed by atoms with Crippen LogP contribution in [0.4, 0.5) is 0 Å². The SMILES string of the molecule is Cc1ccc(Cn2c(C)cc(=O)c(C(=O)N3CCN(C/C=C/c4ccccc4)CC3)c2C2CC2)o1. The van der Waals surface area contributed by atoms with Crippen LogP contribution in [0, 0.1) is 13.8 Å². The summed E-state index contributed by atoms with van der Waals surface area (Å²) >= 11 is 0. The number of nitrogens with zero attached hydrogens (tertiary/aromatic N) is 3. The van der Waals surface area contributed by atoms with E-state index in [1.165, 1.54) is 5.56 Å². The van der Waals surface area contributed by atoms with Gasteiger partial charge in [-0.3, -0.25) is 14.5 Å². The van der Waals surface area contributed by atoms with Crippen LogP contribution in [0.1, 0.15) is 57.6 Å². The molecule has 2 aliphatic rings. The average molecular weight is 472 g/mol. The van der Waals surface area contributed by atoms with Crippen molar-refractivity contribution in [3.05, 3.63) is 98.9 Å². The molecule has 0 spiro atoms. The molecule has 1 aromatic carbocycles. The molecule has 0 N–H and O–H groups in total. The first kappa shape index (κ1) is 23.4. The van der Waals surface area contributed by atoms with Gasteiger partial charge in [-0.25, -0.2) is 0 Å². The number of carbonyl (C=O) groups excluding carboxylic acids is 1. The molecule has 182 valence electrons. The Bertz CT molecular complexity index is 1280. The zero-order valence-electron chi connectivity index (χ0n) is 20.6. The van der Waals surface area contributed by atoms with Crippen molar-refractivity contribution in [1.82, 2.24) is 14.4 Å². The number of amides is 1. The zero-order valence-corrected chi connectivity index (χ0v) is 20.6. The van der Waals surface area contributed by atoms with Gasteiger partial charge in [0.1, 0.15) is 17.1 Å². The molecule has 1 aliphatic heterocycles. The fourth-order valence-corrected chi connectivity index (χ4v) is 4.92. The molecule has 6 heteroatoms. The lowest BCUT2D eigenvalue weighted by atomic mass is 10.0. The lowest BCUT2D eigenvalue weighted by Gasteiger charge is -2.34. The van der Waals surface area contributed by atoms with Crippen LogP contribution in [0.15, 0.2) is 63.8 Å². The van der Waals surface area contributed by atoms with Gasteiger partial charge in [0.05, 0.1) is 6.54 Å². The van der Waals surface area contributed by atoms with Gasteiger partial charge in [0, 0.05) is 56.1 Å². The molecule has 2 fully saturated rings. The third-order valence-corrected chi connectivity index (χ3v) is 6.98. The molecule has 1 saturated heterocycles. The molecular weight excluding hydrogens is 438 g/mol. The molecule has 1 amide bonds. The smallest absolute Gasteiger partial charge is 0.259 e. The van der Waals surface area contributed by atoms with Crippen molar-refractivity contribution in [3.63, 3.8) is 0 Å². The van der Waals surface area contributed by atoms with Crippen molar-refractivity contribution in [3.8, 4) is 0 Å². The number of benzene rings is 1. The molecule has 2 aromatic heterocycles. The van der Waals surface area contributed by atoms with E-state index in [0.29, 0.717) is 25.2 Å². The van der Waals surface area contributed by atoms with Crippen molar-refractivity contribution in [2.45, 2.75) is 39.2 Å². The van der Waals surface area contributed by atoms with Crippen molar-refractivity contribution in [1.29, 1.82) is 0 Å². The van der Waals surface area contributed by atoms with Crippen LogP contribution in [0.3, 0.4) is 0 Å². The number of hydrogen-bond donors (Lipinski definition) is 0. The van der Waals surface area contributed by atoms with Gasteiger partial charge in [0.2, 0.25) is 0 Å². The van der Waals surface area contributed by atoms with Gasteiger partial charge >= 0.3 is 0 Å². The molecule has 0 atom stereocenters. The second kappa shape index (κ2) is 10.1. The average Bonchev–Trinajstić information content (AvgIpc) is 3.62. The van der Waals surface area contributed by atoms with E-state index >= 15 is 0 Å². The summed E-state index contributed by atoms with van der Waals surface area (Å²) < 4.78 is 7.93. The van der Waals surface area contributed by atoms with Crippen molar-refractivity contribution in [2.75, 3.05) is 32.7 Å². The summed E-state index contributed by atoms with van der Waals surface area (Å²) in [4.78, 5) is 31.0. The molecule has 1 saturated carbocycles. The number of carbonyl (C=O) groups is 1. The maximum Gasteiger partial charge on any atom is 0.259 e. The van der Waals surface area contributed by atoms with Crippen LogP contribution >= 0.6 is 0 Å². The molecule has 6 nitrogen and oxygen atoms in total. The van der Waals surface area contributed by atoms with Crippen LogP contribution in [0.5, 0.6) is 0 Å². The molecule has 3 aromatic rings. The molecule has 3 heterocycles. The van der Waals surface area contributed by atoms with Gasteiger partial charge < -0.3 is 13.9 Å². The lowest BCUT2D eigenvalue weighted by molar-refractivity contribution is 0.0646. The van der Waals surface area contributed by atoms with Gasteiger partial charge in [-0.05, 0) is 44.4 Å². The van der Waals surface area contributed by atoms with Gasteiger partial charge in [-0.15, -0.1) is 0 Å². The summed E-state index contributed by atoms with van der Waals surface area (Å²) in [6.07, 6.45) is 6.34. The Balaban J connectivity index is 1.31. The minimum Gasteiger partial charge on any atom is -0.464 e. The maximum absolute atomic E-state index is 13.7. The van der Waals surface area contributed by atoms with Crippen molar-refractivity contribution in [2.24, 2.45) is 0 Å². The number of hydrogen-bond acceptors (Lipinski definition) is 4. The maximum atomic E-state index is 13.7. The van der Waals surface area contributed by atoms with E-state index in [9.17, 15) is 9.59 Å². The number of pyridine rings is 1. The highest BCUT2D eigenvalue weighted by Crippen LogP contribution is 2.42. The largest absolute Gasteiger partial charge is 0.464 e. The summed E-state index contributed by atoms with van der Waals surface area (Å²) in [7, 11) is 0. The van der Waals surface area contributed by atoms with Crippen LogP contribution in [-0.2, 0) is 6.54 Å². The third kappa shape index (κ3) is 5.33. The Kier molecular flexibility index (Phi) is 6.73. The predicted molar refractivity (Wildman–Crippen MR) is 138 cm³/mol. The molecule has 0 radical (unpaired) electrons. The first-order chi connectivity index (χ1) is 17.0. The highest BCUT2D eigenvalue weighted by molar-refractivity contribution is 5.95. The van der Waals surface area contributed by atoms with Crippen LogP contribution in [0.25, 0.3) is 6.08 Å². The third-order valence-electron chi connectivity index (χ3n) is 6.98. The van der Waals surface area contributed by atoms with Crippen molar-refractivity contribution < 1.29 is 9.21 Å². The van der Waals surface area contributed by atoms with Crippen LogP contribution < -0.4 is 5.43 Å². The summed E-state index contributed by atoms with van der Waals surface area (Å²) in [6, 6.07) is 15.8. The van der Waals surface area contributed by atoms with Gasteiger partial charge in [0.25, 0.3) is 5.91 Å². The normalized spacial score (nSPS) is 16.8. The summed E-state index contributed by atoms with van der Waals surface area (Å²) in [5.41, 5.74) is 3.15. The van der Waals surface area contributed by atoms with Gasteiger partial charge in [-0.2, -0.15) is 0 Å². The summed E-state index contributed by atoms with van der Waals surface area (Å²) in [5, 5.41) is 0. The number of piperazine rings is 1. The van der Waals surface area contributed by atoms with E-state index in [-0.39, 0.29) is 17.3 Å². The number of aryl methyl sites for hydroxylation is 2. The molecule has 5 rings (SSSR count). The summed E-state index contributed by atoms with van der Waals surface area (Å²) in [6.45, 7) is 8.12. The lowest BCUT2D eigenvalue weighted by Crippen LogP contribution is -2.49. The Morgan fingerprint density at radius 2 is 1.77 bits per heavy atom. The fraction of sp³-hybridized carbons (Fsp3) is 0.379. The monoisotopic (exact) mass is 471 g/mol. The predicted octanol–water partition coefficient (Wildman–Crippen LogP) is 4.46. The highest BCUT2D eigenvalue weighted by Gasteiger charge is 2.35. The second-order valence-electron chi connectivity index (χ2n) is 9.69. The molecule has 35 heavy (non-hydrogen) atoms. The molecule has 1 aliphatic carbocycles. The molecule has 0 unspecified atom stereocenters. The Morgan fingerprint density at radius 3 is 2.43 bits per heavy atom. The first-order valence-corrected chi connectivity index (χ1v) is 12.5. The quantitative estimate of drug-likeness (QED) is 0.511. The van der Waals surface area contributed by atoms with Gasteiger partial charge in [-0.1, -0.05) is 42.5 Å². The molecular formula is C29H33N3O3. The minimum absolute atomic E-state index is 0.124. The van der Waals surface area contributed by atoms with E-state index in [1.807, 2.05) is 49.1 Å². The Hall–Kier alpha value is -3.38. The minimum atomic E-state index is -0.158. The van der Waals surface area contributed by atoms with Gasteiger partial charge in [0.15, 0.2) is 5.43 Å². The summed E-state index contributed by atoms with van der Waals surface area (Å²) in [5.74, 6) is 1.84. The van der Waals surface area contributed by atoms with Crippen molar-refractivity contribution >= 4 is 12.0 Å². The fourth-order valence-electron chi connectivity index (χ4n) is 4.92. The zero-order chi connectivity index (χ0) is 24.4. The Morgan fingerprint density at radius 1 is 1.03 bits per heavy atom. The van der Waals surface area contributed by atoms with E-state index < -0.39 is 0 Å². The van der Waals surface area contributed by atoms with Crippen LogP contribution in [-0.4, -0.2) is 53.0 Å².